The van der Waals surface area contributed by atoms with Crippen molar-refractivity contribution in [3.05, 3.63) is 11.5 Å². The first-order valence-corrected chi connectivity index (χ1v) is 6.85. The Balaban J connectivity index is 5.74. The maximum absolute atomic E-state index is 12.4. The van der Waals surface area contributed by atoms with Crippen LogP contribution in [0, 0.1) is 0 Å². The molecule has 0 heterocycles. The van der Waals surface area contributed by atoms with Crippen LogP contribution < -0.4 is 0 Å². The predicted octanol–water partition coefficient (Wildman–Crippen LogP) is 1.58. The molecule has 0 aliphatic heterocycles. The number of aliphatic hydroxyl groups is 1. The molecule has 0 radical (unpaired) electrons. The first-order chi connectivity index (χ1) is 9.48. The van der Waals surface area contributed by atoms with E-state index in [2.05, 4.69) is 4.99 Å². The lowest BCUT2D eigenvalue weighted by molar-refractivity contribution is -0.127. The Kier molecular flexibility index (Phi) is 8.27. The Hall–Kier alpha value is -1.85. The van der Waals surface area contributed by atoms with Gasteiger partial charge in [0, 0.05) is 33.6 Å². The summed E-state index contributed by atoms with van der Waals surface area (Å²) >= 11 is 0. The molecule has 0 unspecified atom stereocenters. The van der Waals surface area contributed by atoms with Gasteiger partial charge in [0.1, 0.15) is 5.84 Å². The van der Waals surface area contributed by atoms with Crippen molar-refractivity contribution in [1.29, 1.82) is 0 Å². The predicted molar refractivity (Wildman–Crippen MR) is 79.7 cm³/mol. The number of amidine groups is 1. The second kappa shape index (κ2) is 9.12. The highest BCUT2D eigenvalue weighted by molar-refractivity contribution is 6.01. The van der Waals surface area contributed by atoms with Crippen molar-refractivity contribution in [2.75, 3.05) is 27.2 Å². The number of allylic oxidation sites excluding steroid dienone is 1. The Morgan fingerprint density at radius 3 is 2.20 bits per heavy atom. The van der Waals surface area contributed by atoms with Crippen LogP contribution in [0.1, 0.15) is 33.6 Å². The molecule has 0 spiro atoms. The van der Waals surface area contributed by atoms with E-state index in [-0.39, 0.29) is 5.70 Å². The summed E-state index contributed by atoms with van der Waals surface area (Å²) < 4.78 is 0. The molecule has 6 nitrogen and oxygen atoms in total. The van der Waals surface area contributed by atoms with Gasteiger partial charge < -0.3 is 14.9 Å². The zero-order chi connectivity index (χ0) is 15.7. The smallest absolute Gasteiger partial charge is 0.274 e. The van der Waals surface area contributed by atoms with Gasteiger partial charge in [0.25, 0.3) is 5.91 Å². The van der Waals surface area contributed by atoms with Gasteiger partial charge in [-0.2, -0.15) is 0 Å². The van der Waals surface area contributed by atoms with Gasteiger partial charge in [-0.1, -0.05) is 6.92 Å². The van der Waals surface area contributed by atoms with Gasteiger partial charge in [0.15, 0.2) is 17.7 Å². The molecule has 20 heavy (non-hydrogen) atoms. The standard InChI is InChI=1S/C14H25N3O3/c1-6-9-12(15-4)17(8-3)13(11(19)10-18)14(20)16(5)7-2/h10,19H,6-9H2,1-5H3/b13-11+,15-12-. The van der Waals surface area contributed by atoms with E-state index in [4.69, 9.17) is 0 Å². The van der Waals surface area contributed by atoms with Gasteiger partial charge in [-0.05, 0) is 20.3 Å². The van der Waals surface area contributed by atoms with E-state index in [0.717, 1.165) is 6.42 Å². The third-order valence-electron chi connectivity index (χ3n) is 3.01. The van der Waals surface area contributed by atoms with E-state index in [0.29, 0.717) is 31.6 Å². The first kappa shape index (κ1) is 18.1. The summed E-state index contributed by atoms with van der Waals surface area (Å²) in [5, 5.41) is 9.81. The summed E-state index contributed by atoms with van der Waals surface area (Å²) in [6, 6.07) is 0. The molecule has 1 amide bonds. The molecule has 0 aromatic carbocycles. The zero-order valence-electron chi connectivity index (χ0n) is 13.0. The van der Waals surface area contributed by atoms with Crippen molar-refractivity contribution in [3.63, 3.8) is 0 Å². The third kappa shape index (κ3) is 4.36. The van der Waals surface area contributed by atoms with E-state index < -0.39 is 11.7 Å². The van der Waals surface area contributed by atoms with Crippen LogP contribution in [0.2, 0.25) is 0 Å². The molecule has 0 bridgehead atoms. The molecule has 0 saturated heterocycles. The largest absolute Gasteiger partial charge is 0.503 e. The topological polar surface area (TPSA) is 73.2 Å². The van der Waals surface area contributed by atoms with E-state index >= 15 is 0 Å². The fourth-order valence-electron chi connectivity index (χ4n) is 1.80. The molecule has 114 valence electrons. The first-order valence-electron chi connectivity index (χ1n) is 6.85. The highest BCUT2D eigenvalue weighted by Crippen LogP contribution is 2.14. The Labute approximate surface area is 120 Å². The molecule has 0 saturated carbocycles. The SMILES string of the molecule is CCC/C(=N/C)N(CC)/C(C(=O)N(C)CC)=C(/O)C=O. The number of aliphatic hydroxyl groups excluding tert-OH is 1. The molecular formula is C14H25N3O3. The third-order valence-corrected chi connectivity index (χ3v) is 3.01. The Morgan fingerprint density at radius 2 is 1.85 bits per heavy atom. The number of carbonyl (C=O) groups excluding carboxylic acids is 2. The van der Waals surface area contributed by atoms with E-state index in [1.165, 1.54) is 4.90 Å². The maximum Gasteiger partial charge on any atom is 0.274 e. The molecule has 0 aromatic heterocycles. The highest BCUT2D eigenvalue weighted by Gasteiger charge is 2.26. The van der Waals surface area contributed by atoms with Crippen molar-refractivity contribution < 1.29 is 14.7 Å². The molecule has 0 atom stereocenters. The van der Waals surface area contributed by atoms with Crippen LogP contribution in [-0.2, 0) is 9.59 Å². The monoisotopic (exact) mass is 283 g/mol. The van der Waals surface area contributed by atoms with Crippen LogP contribution >= 0.6 is 0 Å². The Bertz CT molecular complexity index is 402. The fraction of sp³-hybridized carbons (Fsp3) is 0.643. The van der Waals surface area contributed by atoms with Crippen molar-refractivity contribution in [1.82, 2.24) is 9.80 Å². The minimum absolute atomic E-state index is 0.0131. The highest BCUT2D eigenvalue weighted by atomic mass is 16.3. The lowest BCUT2D eigenvalue weighted by Gasteiger charge is -2.29. The lowest BCUT2D eigenvalue weighted by atomic mass is 10.2. The average Bonchev–Trinajstić information content (AvgIpc) is 2.48. The van der Waals surface area contributed by atoms with E-state index in [1.54, 1.807) is 19.0 Å². The van der Waals surface area contributed by atoms with E-state index in [9.17, 15) is 14.7 Å². The summed E-state index contributed by atoms with van der Waals surface area (Å²) in [5.41, 5.74) is -0.0131. The van der Waals surface area contributed by atoms with Crippen LogP contribution in [0.4, 0.5) is 0 Å². The van der Waals surface area contributed by atoms with Crippen LogP contribution in [0.5, 0.6) is 0 Å². The van der Waals surface area contributed by atoms with Gasteiger partial charge in [-0.25, -0.2) is 0 Å². The number of aliphatic imine (C=N–C) groups is 1. The van der Waals surface area contributed by atoms with Crippen LogP contribution in [0.3, 0.4) is 0 Å². The second-order valence-corrected chi connectivity index (χ2v) is 4.31. The number of carbonyl (C=O) groups is 2. The fourth-order valence-corrected chi connectivity index (χ4v) is 1.80. The molecule has 0 aliphatic carbocycles. The van der Waals surface area contributed by atoms with Crippen LogP contribution in [0.15, 0.2) is 16.4 Å². The molecule has 1 N–H and O–H groups in total. The zero-order valence-corrected chi connectivity index (χ0v) is 13.0. The summed E-state index contributed by atoms with van der Waals surface area (Å²) in [5.74, 6) is -0.276. The number of hydrogen-bond acceptors (Lipinski definition) is 4. The number of hydrogen-bond donors (Lipinski definition) is 1. The summed E-state index contributed by atoms with van der Waals surface area (Å²) in [6.45, 7) is 6.60. The van der Waals surface area contributed by atoms with Crippen molar-refractivity contribution in [2.24, 2.45) is 4.99 Å². The number of nitrogens with zero attached hydrogens (tertiary/aromatic N) is 3. The lowest BCUT2D eigenvalue weighted by Crippen LogP contribution is -2.40. The van der Waals surface area contributed by atoms with E-state index in [1.807, 2.05) is 20.8 Å². The molecule has 0 rings (SSSR count). The molecule has 6 heteroatoms. The van der Waals surface area contributed by atoms with Crippen LogP contribution in [0.25, 0.3) is 0 Å². The Morgan fingerprint density at radius 1 is 1.25 bits per heavy atom. The number of aldehydes is 1. The normalized spacial score (nSPS) is 12.8. The van der Waals surface area contributed by atoms with Gasteiger partial charge >= 0.3 is 0 Å². The number of likely N-dealkylation sites (N-methyl/N-ethyl adjacent to an activating group) is 2. The van der Waals surface area contributed by atoms with Crippen molar-refractivity contribution in [3.8, 4) is 0 Å². The maximum atomic E-state index is 12.4. The van der Waals surface area contributed by atoms with Gasteiger partial charge in [-0.15, -0.1) is 0 Å². The number of rotatable bonds is 7. The summed E-state index contributed by atoms with van der Waals surface area (Å²) in [6.07, 6.45) is 1.82. The quantitative estimate of drug-likeness (QED) is 0.253. The molecule has 0 aromatic rings. The van der Waals surface area contributed by atoms with Crippen LogP contribution in [-0.4, -0.2) is 60.1 Å². The minimum Gasteiger partial charge on any atom is -0.503 e. The van der Waals surface area contributed by atoms with Crippen molar-refractivity contribution in [2.45, 2.75) is 33.6 Å². The second-order valence-electron chi connectivity index (χ2n) is 4.31. The molecule has 0 fully saturated rings. The average molecular weight is 283 g/mol. The van der Waals surface area contributed by atoms with Gasteiger partial charge in [-0.3, -0.25) is 14.6 Å². The molecule has 0 aliphatic rings. The minimum atomic E-state index is -0.561. The van der Waals surface area contributed by atoms with Gasteiger partial charge in [0.05, 0.1) is 0 Å². The van der Waals surface area contributed by atoms with Crippen molar-refractivity contribution >= 4 is 18.0 Å². The summed E-state index contributed by atoms with van der Waals surface area (Å²) in [4.78, 5) is 30.5. The molecular weight excluding hydrogens is 258 g/mol. The van der Waals surface area contributed by atoms with Gasteiger partial charge in [0.2, 0.25) is 0 Å². The summed E-state index contributed by atoms with van der Waals surface area (Å²) in [7, 11) is 3.26. The number of amides is 1.